The number of carboxylic acid groups (broad SMARTS) is 1. The fourth-order valence-electron chi connectivity index (χ4n) is 4.69. The van der Waals surface area contributed by atoms with Gasteiger partial charge in [0.2, 0.25) is 0 Å². The van der Waals surface area contributed by atoms with Crippen molar-refractivity contribution in [2.75, 3.05) is 6.54 Å². The number of hydrogen-bond donors (Lipinski definition) is 2. The van der Waals surface area contributed by atoms with Gasteiger partial charge in [-0.15, -0.1) is 0 Å². The van der Waals surface area contributed by atoms with Crippen LogP contribution in [0.5, 0.6) is 0 Å². The van der Waals surface area contributed by atoms with Crippen molar-refractivity contribution in [3.8, 4) is 11.1 Å². The maximum absolute atomic E-state index is 13.3. The van der Waals surface area contributed by atoms with Crippen LogP contribution in [0.1, 0.15) is 60.3 Å². The number of halogens is 1. The molecule has 1 aliphatic carbocycles. The zero-order chi connectivity index (χ0) is 26.7. The Labute approximate surface area is 222 Å². The van der Waals surface area contributed by atoms with E-state index in [1.807, 2.05) is 32.9 Å². The van der Waals surface area contributed by atoms with Crippen LogP contribution < -0.4 is 0 Å². The number of nitrogens with zero attached hydrogens (tertiary/aromatic N) is 1. The summed E-state index contributed by atoms with van der Waals surface area (Å²) in [4.78, 5) is 26.4. The van der Waals surface area contributed by atoms with Crippen LogP contribution >= 0.6 is 11.6 Å². The highest BCUT2D eigenvalue weighted by atomic mass is 35.5. The Morgan fingerprint density at radius 2 is 1.73 bits per heavy atom. The van der Waals surface area contributed by atoms with Gasteiger partial charge in [-0.2, -0.15) is 0 Å². The molecule has 3 aromatic carbocycles. The number of carbonyl (C=O) groups is 2. The van der Waals surface area contributed by atoms with Crippen molar-refractivity contribution in [2.45, 2.75) is 57.8 Å². The van der Waals surface area contributed by atoms with E-state index >= 15 is 0 Å². The maximum Gasteiger partial charge on any atom is 0.410 e. The molecule has 4 rings (SSSR count). The lowest BCUT2D eigenvalue weighted by atomic mass is 9.85. The summed E-state index contributed by atoms with van der Waals surface area (Å²) in [6.45, 7) is 5.57. The van der Waals surface area contributed by atoms with E-state index in [9.17, 15) is 19.8 Å². The maximum atomic E-state index is 13.3. The van der Waals surface area contributed by atoms with Gasteiger partial charge in [0, 0.05) is 11.1 Å². The Morgan fingerprint density at radius 3 is 2.41 bits per heavy atom. The van der Waals surface area contributed by atoms with E-state index in [0.717, 1.165) is 29.5 Å². The molecule has 0 fully saturated rings. The van der Waals surface area contributed by atoms with Gasteiger partial charge in [-0.05, 0) is 92.1 Å². The highest BCUT2D eigenvalue weighted by Gasteiger charge is 2.33. The third-order valence-corrected chi connectivity index (χ3v) is 6.80. The molecule has 0 saturated heterocycles. The van der Waals surface area contributed by atoms with Crippen LogP contribution in [0.4, 0.5) is 4.79 Å². The highest BCUT2D eigenvalue weighted by molar-refractivity contribution is 6.30. The van der Waals surface area contributed by atoms with Crippen LogP contribution in [0, 0.1) is 0 Å². The second-order valence-corrected chi connectivity index (χ2v) is 10.9. The fraction of sp³-hybridized carbons (Fsp3) is 0.333. The van der Waals surface area contributed by atoms with E-state index < -0.39 is 23.8 Å². The molecule has 0 spiro atoms. The van der Waals surface area contributed by atoms with E-state index in [-0.39, 0.29) is 18.2 Å². The number of hydrogen-bond acceptors (Lipinski definition) is 4. The van der Waals surface area contributed by atoms with E-state index in [1.165, 1.54) is 5.56 Å². The summed E-state index contributed by atoms with van der Waals surface area (Å²) in [6, 6.07) is 19.8. The highest BCUT2D eigenvalue weighted by Crippen LogP contribution is 2.31. The number of carboxylic acids is 1. The lowest BCUT2D eigenvalue weighted by molar-refractivity contribution is 0.00195. The molecule has 0 radical (unpaired) electrons. The summed E-state index contributed by atoms with van der Waals surface area (Å²) >= 11 is 6.00. The topological polar surface area (TPSA) is 87.1 Å². The molecule has 0 aliphatic heterocycles. The van der Waals surface area contributed by atoms with Crippen molar-refractivity contribution < 1.29 is 24.5 Å². The Hall–Kier alpha value is -3.35. The minimum atomic E-state index is -0.966. The first-order valence-electron chi connectivity index (χ1n) is 12.4. The standard InChI is InChI=1S/C30H32ClNO5/c1-30(2,3)37-29(36)32(18-27(33)20-9-12-25(31)13-10-20)26-14-11-19-7-8-22(16-24(19)17-26)21-5-4-6-23(15-21)28(34)35/h4-10,12-13,15-16,26-27,33H,11,14,17-18H2,1-3H3,(H,34,35). The van der Waals surface area contributed by atoms with Gasteiger partial charge in [-0.25, -0.2) is 9.59 Å². The number of aryl methyl sites for hydroxylation is 1. The zero-order valence-corrected chi connectivity index (χ0v) is 22.0. The summed E-state index contributed by atoms with van der Waals surface area (Å²) in [7, 11) is 0. The van der Waals surface area contributed by atoms with Crippen LogP contribution in [0.15, 0.2) is 66.7 Å². The van der Waals surface area contributed by atoms with Gasteiger partial charge in [-0.1, -0.05) is 54.1 Å². The molecule has 2 unspecified atom stereocenters. The van der Waals surface area contributed by atoms with Crippen LogP contribution in [0.25, 0.3) is 11.1 Å². The number of benzene rings is 3. The van der Waals surface area contributed by atoms with Gasteiger partial charge in [0.1, 0.15) is 5.60 Å². The van der Waals surface area contributed by atoms with Gasteiger partial charge in [0.05, 0.1) is 18.2 Å². The summed E-state index contributed by atoms with van der Waals surface area (Å²) in [6.07, 6.45) is 0.781. The average Bonchev–Trinajstić information content (AvgIpc) is 2.86. The largest absolute Gasteiger partial charge is 0.478 e. The van der Waals surface area contributed by atoms with Gasteiger partial charge < -0.3 is 19.8 Å². The van der Waals surface area contributed by atoms with Gasteiger partial charge >= 0.3 is 12.1 Å². The number of rotatable bonds is 6. The smallest absolute Gasteiger partial charge is 0.410 e. The van der Waals surface area contributed by atoms with Crippen LogP contribution in [0.2, 0.25) is 5.02 Å². The van der Waals surface area contributed by atoms with Crippen molar-refractivity contribution in [3.63, 3.8) is 0 Å². The number of aliphatic hydroxyl groups is 1. The molecule has 3 aromatic rings. The molecule has 6 nitrogen and oxygen atoms in total. The summed E-state index contributed by atoms with van der Waals surface area (Å²) in [5.41, 5.74) is 4.30. The molecule has 194 valence electrons. The predicted molar refractivity (Wildman–Crippen MR) is 144 cm³/mol. The molecule has 2 atom stereocenters. The average molecular weight is 522 g/mol. The Morgan fingerprint density at radius 1 is 1.03 bits per heavy atom. The number of amides is 1. The molecule has 2 N–H and O–H groups in total. The SMILES string of the molecule is CC(C)(C)OC(=O)N(CC(O)c1ccc(Cl)cc1)C1CCc2ccc(-c3cccc(C(=O)O)c3)cc2C1. The minimum Gasteiger partial charge on any atom is -0.478 e. The normalized spacial score (nSPS) is 16.0. The molecule has 0 saturated carbocycles. The van der Waals surface area contributed by atoms with Crippen molar-refractivity contribution in [1.82, 2.24) is 4.90 Å². The number of aromatic carboxylic acids is 1. The van der Waals surface area contributed by atoms with Crippen molar-refractivity contribution in [1.29, 1.82) is 0 Å². The lowest BCUT2D eigenvalue weighted by Gasteiger charge is -2.37. The molecule has 37 heavy (non-hydrogen) atoms. The van der Waals surface area contributed by atoms with Gasteiger partial charge in [0.15, 0.2) is 0 Å². The van der Waals surface area contributed by atoms with Crippen molar-refractivity contribution in [2.24, 2.45) is 0 Å². The van der Waals surface area contributed by atoms with E-state index in [2.05, 4.69) is 12.1 Å². The van der Waals surface area contributed by atoms with Gasteiger partial charge in [0.25, 0.3) is 0 Å². The quantitative estimate of drug-likeness (QED) is 0.385. The molecule has 0 bridgehead atoms. The molecular formula is C30H32ClNO5. The zero-order valence-electron chi connectivity index (χ0n) is 21.3. The van der Waals surface area contributed by atoms with E-state index in [4.69, 9.17) is 16.3 Å². The molecular weight excluding hydrogens is 490 g/mol. The number of carbonyl (C=O) groups excluding carboxylic acids is 1. The minimum absolute atomic E-state index is 0.0941. The number of aliphatic hydroxyl groups excluding tert-OH is 1. The first-order valence-corrected chi connectivity index (χ1v) is 12.8. The van der Waals surface area contributed by atoms with Gasteiger partial charge in [-0.3, -0.25) is 0 Å². The molecule has 0 aromatic heterocycles. The summed E-state index contributed by atoms with van der Waals surface area (Å²) in [5.74, 6) is -0.966. The third-order valence-electron chi connectivity index (χ3n) is 6.54. The van der Waals surface area contributed by atoms with E-state index in [0.29, 0.717) is 17.0 Å². The van der Waals surface area contributed by atoms with Crippen LogP contribution in [0.3, 0.4) is 0 Å². The molecule has 0 heterocycles. The van der Waals surface area contributed by atoms with Crippen LogP contribution in [-0.4, -0.2) is 45.4 Å². The first kappa shape index (κ1) is 26.7. The van der Waals surface area contributed by atoms with Crippen molar-refractivity contribution in [3.05, 3.63) is 94.0 Å². The fourth-order valence-corrected chi connectivity index (χ4v) is 4.81. The lowest BCUT2D eigenvalue weighted by Crippen LogP contribution is -2.47. The van der Waals surface area contributed by atoms with Crippen molar-refractivity contribution >= 4 is 23.7 Å². The molecule has 1 amide bonds. The second-order valence-electron chi connectivity index (χ2n) is 10.5. The summed E-state index contributed by atoms with van der Waals surface area (Å²) in [5, 5.41) is 20.9. The Bertz CT molecular complexity index is 1280. The Balaban J connectivity index is 1.60. The summed E-state index contributed by atoms with van der Waals surface area (Å²) < 4.78 is 5.72. The second kappa shape index (κ2) is 11.0. The van der Waals surface area contributed by atoms with Crippen LogP contribution in [-0.2, 0) is 17.6 Å². The Kier molecular flexibility index (Phi) is 7.90. The molecule has 1 aliphatic rings. The third kappa shape index (κ3) is 6.70. The first-order chi connectivity index (χ1) is 17.5. The predicted octanol–water partition coefficient (Wildman–Crippen LogP) is 6.53. The number of ether oxygens (including phenoxy) is 1. The number of fused-ring (bicyclic) bond motifs is 1. The molecule has 7 heteroatoms. The monoisotopic (exact) mass is 521 g/mol. The van der Waals surface area contributed by atoms with E-state index in [1.54, 1.807) is 47.4 Å².